The van der Waals surface area contributed by atoms with E-state index in [4.69, 9.17) is 9.47 Å². The van der Waals surface area contributed by atoms with Crippen molar-refractivity contribution in [3.8, 4) is 0 Å². The number of carboxylic acid groups (broad SMARTS) is 1. The SMILES string of the molecule is CCCCCCCCCC(=O)NC(CC)C(CC(=O)O)NC(=O)C1OC(C)(C)OCC1(C)C. The molecule has 1 saturated heterocycles. The second-order valence-electron chi connectivity index (χ2n) is 10.3. The fraction of sp³-hybridized carbons (Fsp3) is 0.880. The highest BCUT2D eigenvalue weighted by Crippen LogP contribution is 2.35. The van der Waals surface area contributed by atoms with Gasteiger partial charge in [-0.05, 0) is 26.7 Å². The number of carbonyl (C=O) groups excluding carboxylic acids is 2. The molecule has 0 saturated carbocycles. The second kappa shape index (κ2) is 13.9. The molecule has 8 nitrogen and oxygen atoms in total. The Balaban J connectivity index is 2.69. The summed E-state index contributed by atoms with van der Waals surface area (Å²) in [6.45, 7) is 11.6. The Morgan fingerprint density at radius 2 is 1.55 bits per heavy atom. The summed E-state index contributed by atoms with van der Waals surface area (Å²) in [6.07, 6.45) is 7.68. The van der Waals surface area contributed by atoms with Crippen LogP contribution in [-0.4, -0.2) is 53.5 Å². The minimum absolute atomic E-state index is 0.108. The van der Waals surface area contributed by atoms with Crippen LogP contribution in [0.15, 0.2) is 0 Å². The first-order chi connectivity index (χ1) is 15.4. The number of carboxylic acids is 1. The molecule has 192 valence electrons. The molecular formula is C25H46N2O6. The highest BCUT2D eigenvalue weighted by Gasteiger charge is 2.46. The molecule has 0 aromatic carbocycles. The van der Waals surface area contributed by atoms with E-state index in [1.165, 1.54) is 25.7 Å². The highest BCUT2D eigenvalue weighted by molar-refractivity contribution is 5.83. The predicted molar refractivity (Wildman–Crippen MR) is 128 cm³/mol. The molecule has 1 aliphatic rings. The Bertz CT molecular complexity index is 634. The summed E-state index contributed by atoms with van der Waals surface area (Å²) in [4.78, 5) is 37.1. The van der Waals surface area contributed by atoms with E-state index in [0.29, 0.717) is 19.4 Å². The van der Waals surface area contributed by atoms with Crippen LogP contribution in [0.4, 0.5) is 0 Å². The van der Waals surface area contributed by atoms with Crippen LogP contribution in [0, 0.1) is 5.41 Å². The molecular weight excluding hydrogens is 424 g/mol. The van der Waals surface area contributed by atoms with Crippen LogP contribution < -0.4 is 10.6 Å². The average molecular weight is 471 g/mol. The van der Waals surface area contributed by atoms with E-state index >= 15 is 0 Å². The van der Waals surface area contributed by atoms with E-state index in [-0.39, 0.29) is 18.2 Å². The van der Waals surface area contributed by atoms with Gasteiger partial charge in [-0.3, -0.25) is 14.4 Å². The lowest BCUT2D eigenvalue weighted by Gasteiger charge is -2.45. The molecule has 0 aromatic rings. The Kier molecular flexibility index (Phi) is 12.4. The van der Waals surface area contributed by atoms with Gasteiger partial charge in [-0.2, -0.15) is 0 Å². The minimum Gasteiger partial charge on any atom is -0.481 e. The number of carbonyl (C=O) groups is 3. The van der Waals surface area contributed by atoms with E-state index < -0.39 is 35.4 Å². The maximum Gasteiger partial charge on any atom is 0.305 e. The minimum atomic E-state index is -1.03. The van der Waals surface area contributed by atoms with Gasteiger partial charge in [-0.25, -0.2) is 0 Å². The van der Waals surface area contributed by atoms with Gasteiger partial charge < -0.3 is 25.2 Å². The van der Waals surface area contributed by atoms with E-state index in [9.17, 15) is 19.5 Å². The van der Waals surface area contributed by atoms with Crippen LogP contribution in [0.25, 0.3) is 0 Å². The van der Waals surface area contributed by atoms with E-state index in [2.05, 4.69) is 17.6 Å². The zero-order chi connectivity index (χ0) is 25.1. The fourth-order valence-corrected chi connectivity index (χ4v) is 4.07. The van der Waals surface area contributed by atoms with E-state index in [0.717, 1.165) is 19.3 Å². The predicted octanol–water partition coefficient (Wildman–Crippen LogP) is 4.16. The molecule has 3 unspecified atom stereocenters. The van der Waals surface area contributed by atoms with Crippen molar-refractivity contribution in [2.75, 3.05) is 6.61 Å². The van der Waals surface area contributed by atoms with Crippen LogP contribution in [0.1, 0.15) is 106 Å². The van der Waals surface area contributed by atoms with Crippen LogP contribution in [-0.2, 0) is 23.9 Å². The molecule has 3 atom stereocenters. The van der Waals surface area contributed by atoms with Gasteiger partial charge in [0.25, 0.3) is 0 Å². The Morgan fingerprint density at radius 3 is 2.12 bits per heavy atom. The largest absolute Gasteiger partial charge is 0.481 e. The number of amides is 2. The van der Waals surface area contributed by atoms with Gasteiger partial charge in [0.2, 0.25) is 11.8 Å². The number of hydrogen-bond donors (Lipinski definition) is 3. The van der Waals surface area contributed by atoms with Crippen molar-refractivity contribution in [1.82, 2.24) is 10.6 Å². The molecule has 0 bridgehead atoms. The molecule has 2 amide bonds. The van der Waals surface area contributed by atoms with Crippen molar-refractivity contribution in [3.63, 3.8) is 0 Å². The van der Waals surface area contributed by atoms with E-state index in [1.54, 1.807) is 13.8 Å². The van der Waals surface area contributed by atoms with Crippen LogP contribution in [0.5, 0.6) is 0 Å². The van der Waals surface area contributed by atoms with Crippen molar-refractivity contribution < 1.29 is 29.0 Å². The first kappa shape index (κ1) is 29.4. The number of hydrogen-bond acceptors (Lipinski definition) is 5. The van der Waals surface area contributed by atoms with Gasteiger partial charge in [0.1, 0.15) is 6.10 Å². The van der Waals surface area contributed by atoms with Crippen molar-refractivity contribution in [2.24, 2.45) is 5.41 Å². The first-order valence-corrected chi connectivity index (χ1v) is 12.5. The lowest BCUT2D eigenvalue weighted by molar-refractivity contribution is -0.304. The molecule has 0 aliphatic carbocycles. The normalized spacial score (nSPS) is 21.1. The summed E-state index contributed by atoms with van der Waals surface area (Å²) in [7, 11) is 0. The van der Waals surface area contributed by atoms with Crippen molar-refractivity contribution in [3.05, 3.63) is 0 Å². The molecule has 1 fully saturated rings. The van der Waals surface area contributed by atoms with Gasteiger partial charge in [0, 0.05) is 17.9 Å². The monoisotopic (exact) mass is 470 g/mol. The lowest BCUT2D eigenvalue weighted by Crippen LogP contribution is -2.60. The highest BCUT2D eigenvalue weighted by atomic mass is 16.7. The van der Waals surface area contributed by atoms with Gasteiger partial charge in [0.15, 0.2) is 5.79 Å². The molecule has 1 heterocycles. The third-order valence-electron chi connectivity index (χ3n) is 6.14. The maximum absolute atomic E-state index is 13.1. The number of aliphatic carboxylic acids is 1. The Morgan fingerprint density at radius 1 is 0.939 bits per heavy atom. The van der Waals surface area contributed by atoms with Gasteiger partial charge in [-0.1, -0.05) is 66.2 Å². The number of rotatable bonds is 15. The molecule has 1 aliphatic heterocycles. The second-order valence-corrected chi connectivity index (χ2v) is 10.3. The summed E-state index contributed by atoms with van der Waals surface area (Å²) in [5, 5.41) is 15.2. The third-order valence-corrected chi connectivity index (χ3v) is 6.14. The van der Waals surface area contributed by atoms with Crippen molar-refractivity contribution in [2.45, 2.75) is 130 Å². The van der Waals surface area contributed by atoms with Gasteiger partial charge in [0.05, 0.1) is 19.1 Å². The number of nitrogens with one attached hydrogen (secondary N) is 2. The van der Waals surface area contributed by atoms with Crippen LogP contribution in [0.3, 0.4) is 0 Å². The number of unbranched alkanes of at least 4 members (excludes halogenated alkanes) is 6. The Labute approximate surface area is 199 Å². The molecule has 0 spiro atoms. The molecule has 0 aromatic heterocycles. The van der Waals surface area contributed by atoms with Crippen molar-refractivity contribution >= 4 is 17.8 Å². The molecule has 3 N–H and O–H groups in total. The summed E-state index contributed by atoms with van der Waals surface area (Å²) in [5.74, 6) is -2.44. The molecule has 33 heavy (non-hydrogen) atoms. The first-order valence-electron chi connectivity index (χ1n) is 12.5. The topological polar surface area (TPSA) is 114 Å². The Hall–Kier alpha value is -1.67. The number of ether oxygens (including phenoxy) is 2. The molecule has 0 radical (unpaired) electrons. The van der Waals surface area contributed by atoms with Gasteiger partial charge >= 0.3 is 5.97 Å². The summed E-state index contributed by atoms with van der Waals surface area (Å²) in [5.41, 5.74) is -0.574. The zero-order valence-corrected chi connectivity index (χ0v) is 21.5. The maximum atomic E-state index is 13.1. The third kappa shape index (κ3) is 10.9. The summed E-state index contributed by atoms with van der Waals surface area (Å²) < 4.78 is 11.6. The average Bonchev–Trinajstić information content (AvgIpc) is 2.72. The molecule has 8 heteroatoms. The standard InChI is InChI=1S/C25H46N2O6/c1-7-9-10-11-12-13-14-15-20(28)26-18(8-2)19(16-21(29)30)27-23(31)22-24(3,4)17-32-25(5,6)33-22/h18-19,22H,7-17H2,1-6H3,(H,26,28)(H,27,31)(H,29,30). The van der Waals surface area contributed by atoms with Crippen molar-refractivity contribution in [1.29, 1.82) is 0 Å². The summed E-state index contributed by atoms with van der Waals surface area (Å²) in [6, 6.07) is -1.21. The quantitative estimate of drug-likeness (QED) is 0.310. The molecule has 1 rings (SSSR count). The van der Waals surface area contributed by atoms with Crippen LogP contribution in [0.2, 0.25) is 0 Å². The van der Waals surface area contributed by atoms with E-state index in [1.807, 2.05) is 20.8 Å². The smallest absolute Gasteiger partial charge is 0.305 e. The lowest BCUT2D eigenvalue weighted by atomic mass is 9.85. The van der Waals surface area contributed by atoms with Crippen LogP contribution >= 0.6 is 0 Å². The fourth-order valence-electron chi connectivity index (χ4n) is 4.07. The summed E-state index contributed by atoms with van der Waals surface area (Å²) >= 11 is 0. The van der Waals surface area contributed by atoms with Gasteiger partial charge in [-0.15, -0.1) is 0 Å². The zero-order valence-electron chi connectivity index (χ0n) is 21.5.